The Morgan fingerprint density at radius 1 is 1.60 bits per heavy atom. The molecule has 0 N–H and O–H groups in total. The molecule has 0 aliphatic carbocycles. The molecule has 0 spiro atoms. The molecule has 1 aromatic heterocycles. The lowest BCUT2D eigenvalue weighted by Crippen LogP contribution is -2.41. The Bertz CT molecular complexity index is 437. The van der Waals surface area contributed by atoms with E-state index in [0.717, 1.165) is 6.42 Å². The monoisotopic (exact) mass is 225 g/mol. The first-order valence-electron chi connectivity index (χ1n) is 4.73. The molecule has 1 atom stereocenters. The first-order valence-corrected chi connectivity index (χ1v) is 5.11. The predicted molar refractivity (Wildman–Crippen MR) is 53.0 cm³/mol. The van der Waals surface area contributed by atoms with Gasteiger partial charge in [-0.05, 0) is 18.0 Å². The molecule has 1 fully saturated rings. The van der Waals surface area contributed by atoms with Crippen LogP contribution in [-0.4, -0.2) is 28.5 Å². The van der Waals surface area contributed by atoms with E-state index in [-0.39, 0.29) is 17.2 Å². The molecular weight excluding hydrogens is 218 g/mol. The van der Waals surface area contributed by atoms with Crippen molar-refractivity contribution in [3.05, 3.63) is 11.5 Å². The Morgan fingerprint density at radius 3 is 3.33 bits per heavy atom. The van der Waals surface area contributed by atoms with E-state index in [9.17, 15) is 4.79 Å². The fourth-order valence-electron chi connectivity index (χ4n) is 1.99. The number of ether oxygens (including phenoxy) is 1. The van der Waals surface area contributed by atoms with Gasteiger partial charge in [-0.2, -0.15) is 4.98 Å². The number of fused-ring (bicyclic) bond motifs is 3. The van der Waals surface area contributed by atoms with Crippen molar-refractivity contribution < 1.29 is 9.53 Å². The van der Waals surface area contributed by atoms with Crippen LogP contribution in [-0.2, 0) is 4.79 Å². The number of anilines is 1. The quantitative estimate of drug-likeness (QED) is 0.619. The van der Waals surface area contributed by atoms with Crippen molar-refractivity contribution >= 4 is 23.3 Å². The zero-order chi connectivity index (χ0) is 10.4. The number of carbonyl (C=O) groups excluding carboxylic acids is 1. The first kappa shape index (κ1) is 8.91. The van der Waals surface area contributed by atoms with Crippen molar-refractivity contribution in [2.24, 2.45) is 0 Å². The summed E-state index contributed by atoms with van der Waals surface area (Å²) in [5.74, 6) is 1.12. The summed E-state index contributed by atoms with van der Waals surface area (Å²) in [6.07, 6.45) is 2.88. The lowest BCUT2D eigenvalue weighted by atomic mass is 10.2. The van der Waals surface area contributed by atoms with Crippen LogP contribution in [0.2, 0.25) is 5.28 Å². The Balaban J connectivity index is 2.12. The highest BCUT2D eigenvalue weighted by molar-refractivity contribution is 6.28. The number of hydrogen-bond acceptors (Lipinski definition) is 4. The maximum atomic E-state index is 11.6. The van der Waals surface area contributed by atoms with E-state index < -0.39 is 0 Å². The molecule has 1 saturated heterocycles. The summed E-state index contributed by atoms with van der Waals surface area (Å²) in [6, 6.07) is 0.107. The molecule has 1 amide bonds. The van der Waals surface area contributed by atoms with Crippen molar-refractivity contribution in [1.29, 1.82) is 0 Å². The van der Waals surface area contributed by atoms with Crippen molar-refractivity contribution in [1.82, 2.24) is 9.97 Å². The van der Waals surface area contributed by atoms with Gasteiger partial charge in [0.25, 0.3) is 0 Å². The second-order valence-electron chi connectivity index (χ2n) is 3.59. The van der Waals surface area contributed by atoms with Crippen LogP contribution >= 0.6 is 11.6 Å². The second kappa shape index (κ2) is 3.06. The first-order chi connectivity index (χ1) is 7.25. The number of nitrogens with zero attached hydrogens (tertiary/aromatic N) is 3. The lowest BCUT2D eigenvalue weighted by Gasteiger charge is -2.30. The fourth-order valence-corrected chi connectivity index (χ4v) is 2.12. The summed E-state index contributed by atoms with van der Waals surface area (Å²) in [5.41, 5.74) is 0. The largest absolute Gasteiger partial charge is 0.486 e. The Hall–Kier alpha value is -1.36. The number of hydrogen-bond donors (Lipinski definition) is 0. The standard InChI is InChI=1S/C9H8ClN3O2/c10-9-11-3-6-8(12-9)13-5(4-15-6)1-2-7(13)14/h3,5H,1-2,4H2. The van der Waals surface area contributed by atoms with Gasteiger partial charge in [-0.25, -0.2) is 4.98 Å². The molecule has 6 heteroatoms. The fraction of sp³-hybridized carbons (Fsp3) is 0.444. The third kappa shape index (κ3) is 1.26. The Labute approximate surface area is 91.0 Å². The summed E-state index contributed by atoms with van der Waals surface area (Å²) in [5, 5.41) is 0.137. The molecule has 3 heterocycles. The summed E-state index contributed by atoms with van der Waals surface area (Å²) in [4.78, 5) is 21.2. The smallest absolute Gasteiger partial charge is 0.228 e. The van der Waals surface area contributed by atoms with Crippen LogP contribution in [0, 0.1) is 0 Å². The number of amides is 1. The lowest BCUT2D eigenvalue weighted by molar-refractivity contribution is -0.117. The normalized spacial score (nSPS) is 23.4. The molecule has 15 heavy (non-hydrogen) atoms. The average Bonchev–Trinajstić information content (AvgIpc) is 2.60. The minimum absolute atomic E-state index is 0.0827. The number of aromatic nitrogens is 2. The molecule has 0 saturated carbocycles. The molecule has 1 aromatic rings. The summed E-state index contributed by atoms with van der Waals surface area (Å²) >= 11 is 5.70. The van der Waals surface area contributed by atoms with Crippen molar-refractivity contribution in [2.75, 3.05) is 11.5 Å². The van der Waals surface area contributed by atoms with Crippen molar-refractivity contribution in [2.45, 2.75) is 18.9 Å². The van der Waals surface area contributed by atoms with Crippen LogP contribution in [0.5, 0.6) is 5.75 Å². The van der Waals surface area contributed by atoms with Gasteiger partial charge in [0.05, 0.1) is 12.2 Å². The second-order valence-corrected chi connectivity index (χ2v) is 3.93. The molecule has 2 aliphatic heterocycles. The molecular formula is C9H8ClN3O2. The highest BCUT2D eigenvalue weighted by atomic mass is 35.5. The van der Waals surface area contributed by atoms with Crippen molar-refractivity contribution in [3.63, 3.8) is 0 Å². The maximum absolute atomic E-state index is 11.6. The number of carbonyl (C=O) groups is 1. The van der Waals surface area contributed by atoms with Gasteiger partial charge in [0, 0.05) is 6.42 Å². The molecule has 5 nitrogen and oxygen atoms in total. The highest BCUT2D eigenvalue weighted by Crippen LogP contribution is 2.36. The molecule has 2 aliphatic rings. The van der Waals surface area contributed by atoms with E-state index in [4.69, 9.17) is 16.3 Å². The maximum Gasteiger partial charge on any atom is 0.228 e. The van der Waals surface area contributed by atoms with Gasteiger partial charge in [-0.1, -0.05) is 0 Å². The number of halogens is 1. The zero-order valence-corrected chi connectivity index (χ0v) is 8.57. The van der Waals surface area contributed by atoms with E-state index in [1.165, 1.54) is 6.20 Å². The van der Waals surface area contributed by atoms with E-state index in [2.05, 4.69) is 9.97 Å². The van der Waals surface area contributed by atoms with Gasteiger partial charge in [0.15, 0.2) is 11.6 Å². The van der Waals surface area contributed by atoms with Gasteiger partial charge in [-0.3, -0.25) is 9.69 Å². The highest BCUT2D eigenvalue weighted by Gasteiger charge is 2.38. The third-order valence-corrected chi connectivity index (χ3v) is 2.87. The van der Waals surface area contributed by atoms with Crippen LogP contribution in [0.15, 0.2) is 6.20 Å². The minimum atomic E-state index is 0.0827. The molecule has 3 rings (SSSR count). The van der Waals surface area contributed by atoms with E-state index in [0.29, 0.717) is 24.6 Å². The van der Waals surface area contributed by atoms with Crippen LogP contribution < -0.4 is 9.64 Å². The van der Waals surface area contributed by atoms with Gasteiger partial charge in [0.2, 0.25) is 11.2 Å². The topological polar surface area (TPSA) is 55.3 Å². The number of rotatable bonds is 0. The van der Waals surface area contributed by atoms with Crippen LogP contribution in [0.4, 0.5) is 5.82 Å². The van der Waals surface area contributed by atoms with Crippen LogP contribution in [0.1, 0.15) is 12.8 Å². The Kier molecular flexibility index (Phi) is 1.82. The predicted octanol–water partition coefficient (Wildman–Crippen LogP) is 1.02. The molecule has 78 valence electrons. The third-order valence-electron chi connectivity index (χ3n) is 2.69. The molecule has 0 bridgehead atoms. The summed E-state index contributed by atoms with van der Waals surface area (Å²) in [7, 11) is 0. The summed E-state index contributed by atoms with van der Waals surface area (Å²) in [6.45, 7) is 0.518. The van der Waals surface area contributed by atoms with Crippen molar-refractivity contribution in [3.8, 4) is 5.75 Å². The van der Waals surface area contributed by atoms with Gasteiger partial charge in [-0.15, -0.1) is 0 Å². The van der Waals surface area contributed by atoms with E-state index in [1.54, 1.807) is 4.90 Å². The van der Waals surface area contributed by atoms with Gasteiger partial charge < -0.3 is 4.74 Å². The minimum Gasteiger partial charge on any atom is -0.486 e. The zero-order valence-electron chi connectivity index (χ0n) is 7.81. The molecule has 1 unspecified atom stereocenters. The van der Waals surface area contributed by atoms with Gasteiger partial charge >= 0.3 is 0 Å². The molecule has 0 aromatic carbocycles. The van der Waals surface area contributed by atoms with E-state index in [1.807, 2.05) is 0 Å². The van der Waals surface area contributed by atoms with Crippen LogP contribution in [0.25, 0.3) is 0 Å². The van der Waals surface area contributed by atoms with Crippen LogP contribution in [0.3, 0.4) is 0 Å². The van der Waals surface area contributed by atoms with Gasteiger partial charge in [0.1, 0.15) is 6.61 Å². The summed E-state index contributed by atoms with van der Waals surface area (Å²) < 4.78 is 5.46. The SMILES string of the molecule is O=C1CCC2COc3cnc(Cl)nc3N12. The molecule has 0 radical (unpaired) electrons. The average molecular weight is 226 g/mol. The Morgan fingerprint density at radius 2 is 2.47 bits per heavy atom. The van der Waals surface area contributed by atoms with E-state index >= 15 is 0 Å².